The van der Waals surface area contributed by atoms with Crippen molar-refractivity contribution in [1.29, 1.82) is 0 Å². The number of nitrogens with one attached hydrogen (secondary N) is 3. The summed E-state index contributed by atoms with van der Waals surface area (Å²) in [7, 11) is 0. The zero-order valence-corrected chi connectivity index (χ0v) is 14.3. The summed E-state index contributed by atoms with van der Waals surface area (Å²) in [5.74, 6) is 1.06. The molecule has 0 radical (unpaired) electrons. The number of carbonyl (C=O) groups excluding carboxylic acids is 1. The summed E-state index contributed by atoms with van der Waals surface area (Å²) in [6.45, 7) is 1.59. The van der Waals surface area contributed by atoms with E-state index in [4.69, 9.17) is 9.47 Å². The van der Waals surface area contributed by atoms with Crippen LogP contribution in [0.5, 0.6) is 11.5 Å². The molecule has 1 aliphatic heterocycles. The van der Waals surface area contributed by atoms with Crippen LogP contribution in [0.4, 0.5) is 17.1 Å². The van der Waals surface area contributed by atoms with Gasteiger partial charge in [-0.25, -0.2) is 0 Å². The second kappa shape index (κ2) is 6.79. The van der Waals surface area contributed by atoms with E-state index in [1.165, 1.54) is 6.92 Å². The Kier molecular flexibility index (Phi) is 4.17. The van der Waals surface area contributed by atoms with Gasteiger partial charge in [0.25, 0.3) is 5.56 Å². The van der Waals surface area contributed by atoms with Gasteiger partial charge in [-0.15, -0.1) is 5.11 Å². The topological polar surface area (TPSA) is 121 Å². The molecule has 0 saturated heterocycles. The Balaban J connectivity index is 1.66. The molecular weight excluding hydrogens is 350 g/mol. The summed E-state index contributed by atoms with van der Waals surface area (Å²) in [6, 6.07) is 12.2. The lowest BCUT2D eigenvalue weighted by Gasteiger charge is -2.02. The van der Waals surface area contributed by atoms with E-state index in [-0.39, 0.29) is 18.4 Å². The van der Waals surface area contributed by atoms with E-state index >= 15 is 0 Å². The first-order chi connectivity index (χ1) is 13.1. The average molecular weight is 365 g/mol. The van der Waals surface area contributed by atoms with Gasteiger partial charge in [0.05, 0.1) is 11.4 Å². The molecular formula is C18H15N5O4. The van der Waals surface area contributed by atoms with Crippen molar-refractivity contribution in [3.8, 4) is 22.8 Å². The standard InChI is InChI=1S/C18H15N5O4/c1-10(24)19-12-3-2-4-13(8-12)20-22-17-16(21-23-18(17)25)11-5-6-14-15(7-11)27-9-26-14/h2-8H,9H2,1H3,(H,19,24)(H2,21,23,25). The van der Waals surface area contributed by atoms with Crippen LogP contribution in [0.3, 0.4) is 0 Å². The van der Waals surface area contributed by atoms with E-state index < -0.39 is 5.56 Å². The van der Waals surface area contributed by atoms with Crippen LogP contribution in [0.25, 0.3) is 11.3 Å². The van der Waals surface area contributed by atoms with Crippen molar-refractivity contribution in [3.63, 3.8) is 0 Å². The van der Waals surface area contributed by atoms with E-state index in [1.807, 2.05) is 0 Å². The quantitative estimate of drug-likeness (QED) is 0.613. The molecule has 1 amide bonds. The third-order valence-electron chi connectivity index (χ3n) is 3.85. The number of azo groups is 1. The molecule has 136 valence electrons. The van der Waals surface area contributed by atoms with Crippen LogP contribution < -0.4 is 20.3 Å². The molecule has 0 bridgehead atoms. The first-order valence-electron chi connectivity index (χ1n) is 8.10. The molecule has 0 aliphatic carbocycles. The molecule has 2 aromatic carbocycles. The lowest BCUT2D eigenvalue weighted by molar-refractivity contribution is -0.114. The summed E-state index contributed by atoms with van der Waals surface area (Å²) in [5.41, 5.74) is 2.03. The third-order valence-corrected chi connectivity index (χ3v) is 3.85. The molecule has 0 unspecified atom stereocenters. The number of hydrogen-bond acceptors (Lipinski definition) is 6. The summed E-state index contributed by atoms with van der Waals surface area (Å²) < 4.78 is 10.7. The van der Waals surface area contributed by atoms with Gasteiger partial charge in [-0.1, -0.05) is 6.07 Å². The number of ether oxygens (including phenoxy) is 2. The molecule has 0 spiro atoms. The van der Waals surface area contributed by atoms with Crippen molar-refractivity contribution < 1.29 is 14.3 Å². The van der Waals surface area contributed by atoms with Crippen LogP contribution in [0.1, 0.15) is 6.92 Å². The van der Waals surface area contributed by atoms with Crippen molar-refractivity contribution in [3.05, 3.63) is 52.8 Å². The van der Waals surface area contributed by atoms with Gasteiger partial charge in [0.15, 0.2) is 17.2 Å². The first-order valence-corrected chi connectivity index (χ1v) is 8.10. The SMILES string of the molecule is CC(=O)Nc1cccc(N=Nc2c(-c3ccc4c(c3)OCO4)[nH][nH]c2=O)c1. The van der Waals surface area contributed by atoms with Crippen molar-refractivity contribution in [2.45, 2.75) is 6.92 Å². The fourth-order valence-corrected chi connectivity index (χ4v) is 2.66. The maximum absolute atomic E-state index is 12.1. The van der Waals surface area contributed by atoms with Gasteiger partial charge in [-0.05, 0) is 36.4 Å². The second-order valence-corrected chi connectivity index (χ2v) is 5.80. The first kappa shape index (κ1) is 16.6. The lowest BCUT2D eigenvalue weighted by atomic mass is 10.1. The highest BCUT2D eigenvalue weighted by Crippen LogP contribution is 2.37. The number of anilines is 1. The highest BCUT2D eigenvalue weighted by Gasteiger charge is 2.17. The molecule has 0 saturated carbocycles. The van der Waals surface area contributed by atoms with Gasteiger partial charge in [-0.3, -0.25) is 19.8 Å². The summed E-state index contributed by atoms with van der Waals surface area (Å²) in [4.78, 5) is 23.3. The Labute approximate surface area is 153 Å². The van der Waals surface area contributed by atoms with Gasteiger partial charge in [0.1, 0.15) is 0 Å². The summed E-state index contributed by atoms with van der Waals surface area (Å²) >= 11 is 0. The number of H-pyrrole nitrogens is 2. The highest BCUT2D eigenvalue weighted by atomic mass is 16.7. The second-order valence-electron chi connectivity index (χ2n) is 5.80. The number of aromatic nitrogens is 2. The number of benzene rings is 2. The van der Waals surface area contributed by atoms with Crippen LogP contribution in [0, 0.1) is 0 Å². The number of amides is 1. The number of nitrogens with zero attached hydrogens (tertiary/aromatic N) is 2. The van der Waals surface area contributed by atoms with Crippen molar-refractivity contribution in [2.75, 3.05) is 12.1 Å². The van der Waals surface area contributed by atoms with Crippen LogP contribution in [-0.4, -0.2) is 22.9 Å². The van der Waals surface area contributed by atoms with E-state index in [2.05, 4.69) is 25.7 Å². The number of aromatic amines is 2. The number of carbonyl (C=O) groups is 1. The number of rotatable bonds is 4. The predicted octanol–water partition coefficient (Wildman–Crippen LogP) is 3.47. The molecule has 0 atom stereocenters. The van der Waals surface area contributed by atoms with E-state index in [0.29, 0.717) is 34.1 Å². The van der Waals surface area contributed by atoms with Gasteiger partial charge in [-0.2, -0.15) is 5.11 Å². The Morgan fingerprint density at radius 3 is 2.78 bits per heavy atom. The molecule has 27 heavy (non-hydrogen) atoms. The minimum absolute atomic E-state index is 0.138. The Bertz CT molecular complexity index is 1100. The summed E-state index contributed by atoms with van der Waals surface area (Å²) in [5, 5.41) is 16.2. The normalized spacial score (nSPS) is 12.5. The molecule has 9 nitrogen and oxygen atoms in total. The molecule has 0 fully saturated rings. The lowest BCUT2D eigenvalue weighted by Crippen LogP contribution is -2.05. The largest absolute Gasteiger partial charge is 0.454 e. The van der Waals surface area contributed by atoms with Crippen LogP contribution in [0.15, 0.2) is 57.5 Å². The Morgan fingerprint density at radius 2 is 1.93 bits per heavy atom. The molecule has 3 N–H and O–H groups in total. The average Bonchev–Trinajstić information content (AvgIpc) is 3.25. The zero-order valence-electron chi connectivity index (χ0n) is 14.3. The fraction of sp³-hybridized carbons (Fsp3) is 0.111. The van der Waals surface area contributed by atoms with Gasteiger partial charge < -0.3 is 14.8 Å². The van der Waals surface area contributed by atoms with Crippen LogP contribution in [-0.2, 0) is 4.79 Å². The van der Waals surface area contributed by atoms with E-state index in [9.17, 15) is 9.59 Å². The molecule has 4 rings (SSSR count). The maximum atomic E-state index is 12.1. The maximum Gasteiger partial charge on any atom is 0.292 e. The van der Waals surface area contributed by atoms with Gasteiger partial charge >= 0.3 is 0 Å². The molecule has 2 heterocycles. The Hall–Kier alpha value is -3.88. The van der Waals surface area contributed by atoms with Crippen molar-refractivity contribution >= 4 is 23.0 Å². The minimum atomic E-state index is -0.399. The van der Waals surface area contributed by atoms with Gasteiger partial charge in [0.2, 0.25) is 12.7 Å². The van der Waals surface area contributed by atoms with Crippen molar-refractivity contribution in [1.82, 2.24) is 10.2 Å². The predicted molar refractivity (Wildman–Crippen MR) is 97.9 cm³/mol. The number of fused-ring (bicyclic) bond motifs is 1. The monoisotopic (exact) mass is 365 g/mol. The van der Waals surface area contributed by atoms with E-state index in [0.717, 1.165) is 0 Å². The molecule has 1 aromatic heterocycles. The minimum Gasteiger partial charge on any atom is -0.454 e. The Morgan fingerprint density at radius 1 is 1.07 bits per heavy atom. The zero-order chi connectivity index (χ0) is 18.8. The van der Waals surface area contributed by atoms with Crippen LogP contribution >= 0.6 is 0 Å². The fourth-order valence-electron chi connectivity index (χ4n) is 2.66. The third kappa shape index (κ3) is 3.43. The van der Waals surface area contributed by atoms with E-state index in [1.54, 1.807) is 42.5 Å². The van der Waals surface area contributed by atoms with Crippen molar-refractivity contribution in [2.24, 2.45) is 10.2 Å². The molecule has 9 heteroatoms. The van der Waals surface area contributed by atoms with Crippen LogP contribution in [0.2, 0.25) is 0 Å². The van der Waals surface area contributed by atoms with Gasteiger partial charge in [0, 0.05) is 18.2 Å². The number of hydrogen-bond donors (Lipinski definition) is 3. The molecule has 3 aromatic rings. The molecule has 1 aliphatic rings. The highest BCUT2D eigenvalue weighted by molar-refractivity contribution is 5.89. The smallest absolute Gasteiger partial charge is 0.292 e. The summed E-state index contributed by atoms with van der Waals surface area (Å²) in [6.07, 6.45) is 0.